The average Bonchev–Trinajstić information content (AvgIpc) is 2.98. The lowest BCUT2D eigenvalue weighted by Gasteiger charge is -2.11. The van der Waals surface area contributed by atoms with Crippen LogP contribution in [0, 0.1) is 5.82 Å². The molecule has 0 radical (unpaired) electrons. The Morgan fingerprint density at radius 2 is 2.00 bits per heavy atom. The number of nitrogens with zero attached hydrogens (tertiary/aromatic N) is 1. The first-order valence-electron chi connectivity index (χ1n) is 7.09. The number of benzene rings is 2. The van der Waals surface area contributed by atoms with E-state index >= 15 is 0 Å². The third kappa shape index (κ3) is 2.02. The Balaban J connectivity index is 2.04. The van der Waals surface area contributed by atoms with Crippen LogP contribution < -0.4 is 0 Å². The summed E-state index contributed by atoms with van der Waals surface area (Å²) in [6, 6.07) is 11.2. The van der Waals surface area contributed by atoms with Gasteiger partial charge in [-0.15, -0.1) is 0 Å². The zero-order valence-electron chi connectivity index (χ0n) is 11.4. The molecule has 21 heavy (non-hydrogen) atoms. The highest BCUT2D eigenvalue weighted by Gasteiger charge is 2.18. The Kier molecular flexibility index (Phi) is 2.93. The fraction of sp³-hybridized carbons (Fsp3) is 0.167. The van der Waals surface area contributed by atoms with Crippen LogP contribution in [0.15, 0.2) is 42.6 Å². The predicted octanol–water partition coefficient (Wildman–Crippen LogP) is 5.18. The minimum Gasteiger partial charge on any atom is -0.256 e. The van der Waals surface area contributed by atoms with Gasteiger partial charge >= 0.3 is 0 Å². The summed E-state index contributed by atoms with van der Waals surface area (Å²) in [6.45, 7) is 0. The van der Waals surface area contributed by atoms with E-state index in [1.807, 2.05) is 6.07 Å². The standard InChI is InChI=1S/C18H13ClFN/c19-16-10-12(6-7-17(16)20)15-9-11-3-1-4-13(11)14-5-2-8-21-18(14)15/h2,5-10H,1,3-4H2. The zero-order valence-corrected chi connectivity index (χ0v) is 12.1. The van der Waals surface area contributed by atoms with Gasteiger partial charge in [-0.05, 0) is 60.2 Å². The van der Waals surface area contributed by atoms with Gasteiger partial charge in [-0.3, -0.25) is 4.98 Å². The van der Waals surface area contributed by atoms with Gasteiger partial charge < -0.3 is 0 Å². The van der Waals surface area contributed by atoms with Crippen molar-refractivity contribution in [2.24, 2.45) is 0 Å². The van der Waals surface area contributed by atoms with E-state index in [0.717, 1.165) is 29.5 Å². The number of halogens is 2. The molecule has 0 fully saturated rings. The first-order chi connectivity index (χ1) is 10.2. The lowest BCUT2D eigenvalue weighted by atomic mass is 9.95. The normalized spacial score (nSPS) is 13.6. The van der Waals surface area contributed by atoms with E-state index in [1.54, 1.807) is 18.3 Å². The minimum atomic E-state index is -0.390. The number of pyridine rings is 1. The summed E-state index contributed by atoms with van der Waals surface area (Å²) in [5.41, 5.74) is 5.72. The first-order valence-corrected chi connectivity index (χ1v) is 7.47. The minimum absolute atomic E-state index is 0.150. The molecule has 1 heterocycles. The monoisotopic (exact) mass is 297 g/mol. The van der Waals surface area contributed by atoms with Crippen molar-refractivity contribution in [1.82, 2.24) is 4.98 Å². The van der Waals surface area contributed by atoms with Crippen LogP contribution in [-0.4, -0.2) is 4.98 Å². The highest BCUT2D eigenvalue weighted by Crippen LogP contribution is 2.37. The molecule has 0 saturated heterocycles. The maximum absolute atomic E-state index is 13.4. The molecule has 4 rings (SSSR count). The van der Waals surface area contributed by atoms with E-state index in [2.05, 4.69) is 17.1 Å². The van der Waals surface area contributed by atoms with Crippen molar-refractivity contribution in [3.63, 3.8) is 0 Å². The van der Waals surface area contributed by atoms with Gasteiger partial charge in [0.25, 0.3) is 0 Å². The average molecular weight is 298 g/mol. The van der Waals surface area contributed by atoms with Gasteiger partial charge in [-0.25, -0.2) is 4.39 Å². The second-order valence-electron chi connectivity index (χ2n) is 5.44. The highest BCUT2D eigenvalue weighted by atomic mass is 35.5. The predicted molar refractivity (Wildman–Crippen MR) is 84.2 cm³/mol. The Bertz CT molecular complexity index is 857. The second-order valence-corrected chi connectivity index (χ2v) is 5.85. The zero-order chi connectivity index (χ0) is 14.4. The van der Waals surface area contributed by atoms with Crippen molar-refractivity contribution in [2.45, 2.75) is 19.3 Å². The van der Waals surface area contributed by atoms with Crippen molar-refractivity contribution < 1.29 is 4.39 Å². The third-order valence-corrected chi connectivity index (χ3v) is 4.49. The Morgan fingerprint density at radius 1 is 1.10 bits per heavy atom. The number of aryl methyl sites for hydroxylation is 2. The SMILES string of the molecule is Fc1ccc(-c2cc3c(c4cccnc24)CCC3)cc1Cl. The van der Waals surface area contributed by atoms with Gasteiger partial charge in [0.15, 0.2) is 0 Å². The molecule has 104 valence electrons. The molecule has 0 aliphatic heterocycles. The van der Waals surface area contributed by atoms with Gasteiger partial charge in [0.2, 0.25) is 0 Å². The summed E-state index contributed by atoms with van der Waals surface area (Å²) in [5.74, 6) is -0.390. The smallest absolute Gasteiger partial charge is 0.141 e. The quantitative estimate of drug-likeness (QED) is 0.603. The van der Waals surface area contributed by atoms with Crippen LogP contribution in [0.5, 0.6) is 0 Å². The van der Waals surface area contributed by atoms with Gasteiger partial charge in [0, 0.05) is 17.1 Å². The van der Waals surface area contributed by atoms with E-state index in [0.29, 0.717) is 0 Å². The van der Waals surface area contributed by atoms with E-state index in [9.17, 15) is 4.39 Å². The lowest BCUT2D eigenvalue weighted by molar-refractivity contribution is 0.628. The van der Waals surface area contributed by atoms with Crippen LogP contribution >= 0.6 is 11.6 Å². The van der Waals surface area contributed by atoms with Gasteiger partial charge in [-0.1, -0.05) is 23.7 Å². The van der Waals surface area contributed by atoms with Gasteiger partial charge in [-0.2, -0.15) is 0 Å². The van der Waals surface area contributed by atoms with Crippen LogP contribution in [0.1, 0.15) is 17.5 Å². The van der Waals surface area contributed by atoms with Crippen molar-refractivity contribution in [3.8, 4) is 11.1 Å². The molecular formula is C18H13ClFN. The third-order valence-electron chi connectivity index (χ3n) is 4.20. The molecule has 0 spiro atoms. The number of hydrogen-bond donors (Lipinski definition) is 0. The highest BCUT2D eigenvalue weighted by molar-refractivity contribution is 6.31. The fourth-order valence-electron chi connectivity index (χ4n) is 3.22. The summed E-state index contributed by atoms with van der Waals surface area (Å²) in [5, 5.41) is 1.36. The molecule has 3 heteroatoms. The molecular weight excluding hydrogens is 285 g/mol. The first kappa shape index (κ1) is 12.8. The lowest BCUT2D eigenvalue weighted by Crippen LogP contribution is -1.92. The maximum atomic E-state index is 13.4. The second kappa shape index (κ2) is 4.81. The summed E-state index contributed by atoms with van der Waals surface area (Å²) < 4.78 is 13.4. The Morgan fingerprint density at radius 3 is 2.86 bits per heavy atom. The van der Waals surface area contributed by atoms with Crippen LogP contribution in [0.2, 0.25) is 5.02 Å². The fourth-order valence-corrected chi connectivity index (χ4v) is 3.40. The summed E-state index contributed by atoms with van der Waals surface area (Å²) in [4.78, 5) is 4.55. The largest absolute Gasteiger partial charge is 0.256 e. The molecule has 1 aromatic heterocycles. The Hall–Kier alpha value is -1.93. The number of fused-ring (bicyclic) bond motifs is 3. The van der Waals surface area contributed by atoms with Crippen LogP contribution in [0.3, 0.4) is 0 Å². The van der Waals surface area contributed by atoms with E-state index in [1.165, 1.54) is 29.0 Å². The number of hydrogen-bond acceptors (Lipinski definition) is 1. The number of aromatic nitrogens is 1. The molecule has 2 aromatic carbocycles. The molecule has 0 amide bonds. The summed E-state index contributed by atoms with van der Waals surface area (Å²) in [6.07, 6.45) is 5.20. The molecule has 3 aromatic rings. The molecule has 1 aliphatic carbocycles. The van der Waals surface area contributed by atoms with Crippen LogP contribution in [0.4, 0.5) is 4.39 Å². The molecule has 0 saturated carbocycles. The van der Waals surface area contributed by atoms with Crippen LogP contribution in [-0.2, 0) is 12.8 Å². The molecule has 1 nitrogen and oxygen atoms in total. The molecule has 1 aliphatic rings. The molecule has 0 unspecified atom stereocenters. The van der Waals surface area contributed by atoms with Crippen molar-refractivity contribution in [3.05, 3.63) is 64.6 Å². The summed E-state index contributed by atoms with van der Waals surface area (Å²) >= 11 is 5.94. The van der Waals surface area contributed by atoms with Gasteiger partial charge in [0.1, 0.15) is 5.82 Å². The molecule has 0 N–H and O–H groups in total. The van der Waals surface area contributed by atoms with Crippen molar-refractivity contribution >= 4 is 22.5 Å². The maximum Gasteiger partial charge on any atom is 0.141 e. The van der Waals surface area contributed by atoms with Crippen LogP contribution in [0.25, 0.3) is 22.0 Å². The van der Waals surface area contributed by atoms with Crippen molar-refractivity contribution in [2.75, 3.05) is 0 Å². The summed E-state index contributed by atoms with van der Waals surface area (Å²) in [7, 11) is 0. The molecule has 0 bridgehead atoms. The number of rotatable bonds is 1. The van der Waals surface area contributed by atoms with Crippen molar-refractivity contribution in [1.29, 1.82) is 0 Å². The molecule has 0 atom stereocenters. The van der Waals surface area contributed by atoms with E-state index in [-0.39, 0.29) is 10.8 Å². The van der Waals surface area contributed by atoms with E-state index < -0.39 is 0 Å². The van der Waals surface area contributed by atoms with Gasteiger partial charge in [0.05, 0.1) is 10.5 Å². The topological polar surface area (TPSA) is 12.9 Å². The Labute approximate surface area is 127 Å². The van der Waals surface area contributed by atoms with E-state index in [4.69, 9.17) is 11.6 Å².